The molecule has 0 spiro atoms. The summed E-state index contributed by atoms with van der Waals surface area (Å²) in [5.74, 6) is 0.782. The molecule has 6 heteroatoms. The third-order valence-corrected chi connectivity index (χ3v) is 3.33. The number of nitrogens with zero attached hydrogens (tertiary/aromatic N) is 2. The average Bonchev–Trinajstić information content (AvgIpc) is 2.47. The molecule has 2 N–H and O–H groups in total. The zero-order valence-corrected chi connectivity index (χ0v) is 11.9. The van der Waals surface area contributed by atoms with Crippen molar-refractivity contribution >= 4 is 28.3 Å². The van der Waals surface area contributed by atoms with Crippen LogP contribution in [-0.2, 0) is 0 Å². The number of hydrogen-bond donors (Lipinski definition) is 1. The van der Waals surface area contributed by atoms with Gasteiger partial charge in [0.1, 0.15) is 17.4 Å². The molecule has 21 heavy (non-hydrogen) atoms. The highest BCUT2D eigenvalue weighted by atomic mass is 35.5. The van der Waals surface area contributed by atoms with E-state index in [0.717, 1.165) is 0 Å². The summed E-state index contributed by atoms with van der Waals surface area (Å²) in [6, 6.07) is 9.35. The van der Waals surface area contributed by atoms with Crippen molar-refractivity contribution in [2.45, 2.75) is 0 Å². The maximum absolute atomic E-state index is 13.3. The zero-order valence-electron chi connectivity index (χ0n) is 11.1. The Bertz CT molecular complexity index is 839. The molecule has 0 saturated carbocycles. The lowest BCUT2D eigenvalue weighted by molar-refractivity contribution is 0.416. The largest absolute Gasteiger partial charge is 0.496 e. The van der Waals surface area contributed by atoms with Gasteiger partial charge < -0.3 is 10.5 Å². The zero-order chi connectivity index (χ0) is 15.0. The maximum atomic E-state index is 13.3. The van der Waals surface area contributed by atoms with Gasteiger partial charge in [-0.3, -0.25) is 0 Å². The Labute approximate surface area is 125 Å². The molecule has 0 aliphatic heterocycles. The summed E-state index contributed by atoms with van der Waals surface area (Å²) in [7, 11) is 1.54. The number of benzene rings is 2. The van der Waals surface area contributed by atoms with Crippen molar-refractivity contribution in [3.63, 3.8) is 0 Å². The highest BCUT2D eigenvalue weighted by molar-refractivity contribution is 6.30. The van der Waals surface area contributed by atoms with Gasteiger partial charge in [-0.25, -0.2) is 14.4 Å². The molecule has 3 aromatic rings. The summed E-state index contributed by atoms with van der Waals surface area (Å²) in [4.78, 5) is 8.63. The lowest BCUT2D eigenvalue weighted by Gasteiger charge is -2.09. The predicted molar refractivity (Wildman–Crippen MR) is 80.9 cm³/mol. The number of methoxy groups -OCH3 is 1. The van der Waals surface area contributed by atoms with Gasteiger partial charge in [0, 0.05) is 10.4 Å². The van der Waals surface area contributed by atoms with E-state index < -0.39 is 0 Å². The summed E-state index contributed by atoms with van der Waals surface area (Å²) in [6.07, 6.45) is 0. The van der Waals surface area contributed by atoms with Gasteiger partial charge in [0.15, 0.2) is 5.82 Å². The third-order valence-electron chi connectivity index (χ3n) is 3.09. The highest BCUT2D eigenvalue weighted by Crippen LogP contribution is 2.32. The second-order valence-corrected chi connectivity index (χ2v) is 4.87. The molecule has 0 saturated heterocycles. The van der Waals surface area contributed by atoms with E-state index >= 15 is 0 Å². The van der Waals surface area contributed by atoms with Crippen LogP contribution in [0, 0.1) is 5.82 Å². The van der Waals surface area contributed by atoms with E-state index in [1.165, 1.54) is 19.2 Å². The highest BCUT2D eigenvalue weighted by Gasteiger charge is 2.12. The third kappa shape index (κ3) is 2.48. The molecule has 0 fully saturated rings. The molecule has 0 amide bonds. The SMILES string of the molecule is COc1cc(Cl)ccc1-c1nc(N)c2cc(F)ccc2n1. The molecular weight excluding hydrogens is 293 g/mol. The van der Waals surface area contributed by atoms with Crippen molar-refractivity contribution in [1.82, 2.24) is 9.97 Å². The number of aromatic nitrogens is 2. The van der Waals surface area contributed by atoms with E-state index in [1.807, 2.05) is 0 Å². The number of fused-ring (bicyclic) bond motifs is 1. The van der Waals surface area contributed by atoms with E-state index in [2.05, 4.69) is 9.97 Å². The molecule has 4 nitrogen and oxygen atoms in total. The Morgan fingerprint density at radius 3 is 2.71 bits per heavy atom. The van der Waals surface area contributed by atoms with Crippen LogP contribution in [0.5, 0.6) is 5.75 Å². The molecule has 0 aliphatic carbocycles. The van der Waals surface area contributed by atoms with Crippen LogP contribution in [0.3, 0.4) is 0 Å². The molecule has 1 heterocycles. The summed E-state index contributed by atoms with van der Waals surface area (Å²) < 4.78 is 18.5. The van der Waals surface area contributed by atoms with Crippen molar-refractivity contribution in [1.29, 1.82) is 0 Å². The van der Waals surface area contributed by atoms with E-state index in [9.17, 15) is 4.39 Å². The van der Waals surface area contributed by atoms with Crippen molar-refractivity contribution in [2.75, 3.05) is 12.8 Å². The Hall–Kier alpha value is -2.40. The first-order valence-electron chi connectivity index (χ1n) is 6.15. The van der Waals surface area contributed by atoms with E-state index in [4.69, 9.17) is 22.1 Å². The molecular formula is C15H11ClFN3O. The molecule has 106 valence electrons. The fourth-order valence-electron chi connectivity index (χ4n) is 2.09. The molecule has 1 aromatic heterocycles. The molecule has 2 aromatic carbocycles. The minimum atomic E-state index is -0.380. The number of rotatable bonds is 2. The van der Waals surface area contributed by atoms with Crippen LogP contribution >= 0.6 is 11.6 Å². The number of halogens is 2. The van der Waals surface area contributed by atoms with Gasteiger partial charge >= 0.3 is 0 Å². The molecule has 0 bridgehead atoms. The summed E-state index contributed by atoms with van der Waals surface area (Å²) in [5, 5.41) is 1.03. The monoisotopic (exact) mass is 303 g/mol. The van der Waals surface area contributed by atoms with Crippen LogP contribution in [0.1, 0.15) is 0 Å². The van der Waals surface area contributed by atoms with Crippen molar-refractivity contribution in [2.24, 2.45) is 0 Å². The molecule has 0 unspecified atom stereocenters. The fourth-order valence-corrected chi connectivity index (χ4v) is 2.26. The van der Waals surface area contributed by atoms with Gasteiger partial charge in [0.2, 0.25) is 0 Å². The maximum Gasteiger partial charge on any atom is 0.165 e. The Kier molecular flexibility index (Phi) is 3.35. The Morgan fingerprint density at radius 2 is 1.95 bits per heavy atom. The molecule has 0 radical (unpaired) electrons. The number of anilines is 1. The van der Waals surface area contributed by atoms with E-state index in [-0.39, 0.29) is 11.6 Å². The predicted octanol–water partition coefficient (Wildman–Crippen LogP) is 3.68. The summed E-state index contributed by atoms with van der Waals surface area (Å²) in [6.45, 7) is 0. The van der Waals surface area contributed by atoms with Gasteiger partial charge in [0.05, 0.1) is 18.2 Å². The second-order valence-electron chi connectivity index (χ2n) is 4.44. The smallest absolute Gasteiger partial charge is 0.165 e. The Balaban J connectivity index is 2.24. The fraction of sp³-hybridized carbons (Fsp3) is 0.0667. The van der Waals surface area contributed by atoms with Crippen LogP contribution in [0.15, 0.2) is 36.4 Å². The lowest BCUT2D eigenvalue weighted by Crippen LogP contribution is -1.99. The van der Waals surface area contributed by atoms with E-state index in [1.54, 1.807) is 24.3 Å². The standard InChI is InChI=1S/C15H11ClFN3O/c1-21-13-6-8(16)2-4-10(13)15-19-12-5-3-9(17)7-11(12)14(18)20-15/h2-7H,1H3,(H2,18,19,20). The number of ether oxygens (including phenoxy) is 1. The van der Waals surface area contributed by atoms with Crippen LogP contribution < -0.4 is 10.5 Å². The topological polar surface area (TPSA) is 61.0 Å². The second kappa shape index (κ2) is 5.18. The Morgan fingerprint density at radius 1 is 1.14 bits per heavy atom. The van der Waals surface area contributed by atoms with Crippen molar-refractivity contribution in [3.8, 4) is 17.1 Å². The normalized spacial score (nSPS) is 10.8. The van der Waals surface area contributed by atoms with Gasteiger partial charge in [-0.1, -0.05) is 11.6 Å². The van der Waals surface area contributed by atoms with Crippen LogP contribution in [-0.4, -0.2) is 17.1 Å². The summed E-state index contributed by atoms with van der Waals surface area (Å²) >= 11 is 5.94. The van der Waals surface area contributed by atoms with Crippen molar-refractivity contribution < 1.29 is 9.13 Å². The number of nitrogen functional groups attached to an aromatic ring is 1. The van der Waals surface area contributed by atoms with Crippen LogP contribution in [0.25, 0.3) is 22.3 Å². The van der Waals surface area contributed by atoms with Gasteiger partial charge in [-0.15, -0.1) is 0 Å². The van der Waals surface area contributed by atoms with Gasteiger partial charge in [-0.05, 0) is 36.4 Å². The molecule has 0 aliphatic rings. The minimum absolute atomic E-state index is 0.214. The average molecular weight is 304 g/mol. The lowest BCUT2D eigenvalue weighted by atomic mass is 10.1. The molecule has 0 atom stereocenters. The van der Waals surface area contributed by atoms with Crippen LogP contribution in [0.4, 0.5) is 10.2 Å². The quantitative estimate of drug-likeness (QED) is 0.784. The van der Waals surface area contributed by atoms with Gasteiger partial charge in [0.25, 0.3) is 0 Å². The van der Waals surface area contributed by atoms with E-state index in [0.29, 0.717) is 33.1 Å². The number of nitrogens with two attached hydrogens (primary N) is 1. The summed E-state index contributed by atoms with van der Waals surface area (Å²) in [5.41, 5.74) is 7.13. The first kappa shape index (κ1) is 13.6. The van der Waals surface area contributed by atoms with Crippen molar-refractivity contribution in [3.05, 3.63) is 47.2 Å². The first-order valence-corrected chi connectivity index (χ1v) is 6.53. The molecule has 3 rings (SSSR count). The first-order chi connectivity index (χ1) is 10.1. The minimum Gasteiger partial charge on any atom is -0.496 e. The number of hydrogen-bond acceptors (Lipinski definition) is 4. The van der Waals surface area contributed by atoms with Crippen LogP contribution in [0.2, 0.25) is 5.02 Å². The van der Waals surface area contributed by atoms with Gasteiger partial charge in [-0.2, -0.15) is 0 Å².